The Morgan fingerprint density at radius 3 is 2.20 bits per heavy atom. The molecule has 1 aliphatic rings. The molecular formula is C25H26F2N5O8P. The lowest BCUT2D eigenvalue weighted by molar-refractivity contribution is -0.192. The number of aliphatic hydroxyl groups is 2. The van der Waals surface area contributed by atoms with E-state index in [1.54, 1.807) is 24.3 Å². The molecule has 218 valence electrons. The van der Waals surface area contributed by atoms with E-state index >= 15 is 0 Å². The quantitative estimate of drug-likeness (QED) is 0.209. The first-order valence-corrected chi connectivity index (χ1v) is 13.7. The number of phosphoric ester groups is 1. The third kappa shape index (κ3) is 5.54. The number of rotatable bonds is 9. The molecule has 0 aliphatic carbocycles. The molecule has 0 radical (unpaired) electrons. The molecule has 1 fully saturated rings. The molecule has 0 bridgehead atoms. The number of nitrogens with zero attached hydrogens (tertiary/aromatic N) is 3. The largest absolute Gasteiger partial charge is 0.587 e. The highest BCUT2D eigenvalue weighted by atomic mass is 31.2. The number of aromatic amines is 1. The second kappa shape index (κ2) is 10.8. The Kier molecular flexibility index (Phi) is 7.57. The Labute approximate surface area is 231 Å². The number of hydrogen-bond acceptors (Lipinski definition) is 11. The molecule has 5 N–H and O–H groups in total. The number of H-pyrrole nitrogens is 1. The van der Waals surface area contributed by atoms with Crippen molar-refractivity contribution in [3.05, 3.63) is 76.3 Å². The molecule has 4 aromatic rings. The van der Waals surface area contributed by atoms with Gasteiger partial charge in [-0.2, -0.15) is 4.98 Å². The average molecular weight is 593 g/mol. The van der Waals surface area contributed by atoms with Crippen LogP contribution in [-0.2, 0) is 13.8 Å². The summed E-state index contributed by atoms with van der Waals surface area (Å²) in [4.78, 5) is 22.2. The lowest BCUT2D eigenvalue weighted by atomic mass is 9.96. The minimum Gasteiger partial charge on any atom is -0.395 e. The highest BCUT2D eigenvalue weighted by Gasteiger charge is 2.62. The zero-order valence-corrected chi connectivity index (χ0v) is 22.6. The predicted molar refractivity (Wildman–Crippen MR) is 141 cm³/mol. The van der Waals surface area contributed by atoms with Crippen LogP contribution in [0.3, 0.4) is 0 Å². The standard InChI is InChI=1S/C25H26F2N5O8P/c1-13-3-7-15(8-4-13)39-41(36,40-16-9-5-14(2)6-10-16)37-11-25(23(26)27)19(34)18(33)22(38-25)32-12-29-17-20(32)30-24(28)31-21(17)35/h3-10,12,18-19,22-23,33-34H,11H2,1-2H3,(H3,28,30,31,35)/t18-,19-,22+,25+/m0/s1. The summed E-state index contributed by atoms with van der Waals surface area (Å²) >= 11 is 0. The molecule has 0 saturated carbocycles. The number of phosphoric acid groups is 1. The van der Waals surface area contributed by atoms with Crippen LogP contribution in [0.2, 0.25) is 0 Å². The molecule has 1 aliphatic heterocycles. The third-order valence-corrected chi connectivity index (χ3v) is 7.79. The lowest BCUT2D eigenvalue weighted by Crippen LogP contribution is -2.52. The predicted octanol–water partition coefficient (Wildman–Crippen LogP) is 2.86. The summed E-state index contributed by atoms with van der Waals surface area (Å²) in [5.74, 6) is -0.188. The van der Waals surface area contributed by atoms with E-state index in [2.05, 4.69) is 15.0 Å². The number of anilines is 1. The van der Waals surface area contributed by atoms with Gasteiger partial charge >= 0.3 is 7.82 Å². The summed E-state index contributed by atoms with van der Waals surface area (Å²) in [6.45, 7) is 2.40. The molecule has 2 aromatic heterocycles. The van der Waals surface area contributed by atoms with Gasteiger partial charge in [-0.25, -0.2) is 18.3 Å². The zero-order valence-electron chi connectivity index (χ0n) is 21.7. The highest BCUT2D eigenvalue weighted by Crippen LogP contribution is 2.52. The molecular weight excluding hydrogens is 567 g/mol. The van der Waals surface area contributed by atoms with Gasteiger partial charge in [0.2, 0.25) is 5.95 Å². The fourth-order valence-electron chi connectivity index (χ4n) is 4.23. The fraction of sp³-hybridized carbons (Fsp3) is 0.320. The van der Waals surface area contributed by atoms with E-state index in [0.29, 0.717) is 0 Å². The number of benzene rings is 2. The van der Waals surface area contributed by atoms with Crippen LogP contribution in [0.15, 0.2) is 59.7 Å². The molecule has 3 heterocycles. The summed E-state index contributed by atoms with van der Waals surface area (Å²) in [5, 5.41) is 21.6. The fourth-order valence-corrected chi connectivity index (χ4v) is 5.49. The SMILES string of the molecule is Cc1ccc(OP(=O)(OC[C@@]2(C(F)F)O[C@@H](n3cnc4c(=O)[nH]c(N)nc43)[C@@H](O)[C@@H]2O)Oc2ccc(C)cc2)cc1. The van der Waals surface area contributed by atoms with Gasteiger partial charge in [0.15, 0.2) is 23.0 Å². The number of imidazole rings is 1. The van der Waals surface area contributed by atoms with E-state index in [9.17, 15) is 28.4 Å². The Morgan fingerprint density at radius 2 is 1.66 bits per heavy atom. The molecule has 5 rings (SSSR count). The van der Waals surface area contributed by atoms with Crippen LogP contribution in [0, 0.1) is 13.8 Å². The molecule has 13 nitrogen and oxygen atoms in total. The maximum atomic E-state index is 14.6. The van der Waals surface area contributed by atoms with Gasteiger partial charge in [0.1, 0.15) is 23.7 Å². The molecule has 4 atom stereocenters. The van der Waals surface area contributed by atoms with E-state index in [-0.39, 0.29) is 28.6 Å². The number of fused-ring (bicyclic) bond motifs is 1. The monoisotopic (exact) mass is 593 g/mol. The molecule has 1 saturated heterocycles. The molecule has 0 spiro atoms. The van der Waals surface area contributed by atoms with Gasteiger partial charge in [0.05, 0.1) is 12.9 Å². The number of nitrogens with two attached hydrogens (primary N) is 1. The molecule has 0 unspecified atom stereocenters. The summed E-state index contributed by atoms with van der Waals surface area (Å²) in [7, 11) is -4.71. The van der Waals surface area contributed by atoms with E-state index in [4.69, 9.17) is 24.0 Å². The average Bonchev–Trinajstić information content (AvgIpc) is 3.45. The second-order valence-electron chi connectivity index (χ2n) is 9.50. The van der Waals surface area contributed by atoms with E-state index in [1.807, 2.05) is 13.8 Å². The number of halogens is 2. The van der Waals surface area contributed by atoms with E-state index in [1.165, 1.54) is 24.3 Å². The molecule has 0 amide bonds. The summed E-state index contributed by atoms with van der Waals surface area (Å²) in [6, 6.07) is 12.6. The van der Waals surface area contributed by atoms with Crippen LogP contribution in [0.4, 0.5) is 14.7 Å². The Bertz CT molecular complexity index is 1600. The Morgan fingerprint density at radius 1 is 1.10 bits per heavy atom. The number of aryl methyl sites for hydroxylation is 2. The van der Waals surface area contributed by atoms with Crippen molar-refractivity contribution in [2.75, 3.05) is 12.3 Å². The molecule has 41 heavy (non-hydrogen) atoms. The van der Waals surface area contributed by atoms with Crippen LogP contribution in [0.5, 0.6) is 11.5 Å². The number of aliphatic hydroxyl groups excluding tert-OH is 2. The van der Waals surface area contributed by atoms with E-state index < -0.39 is 50.5 Å². The van der Waals surface area contributed by atoms with Gasteiger partial charge in [-0.1, -0.05) is 35.4 Å². The van der Waals surface area contributed by atoms with Crippen molar-refractivity contribution in [2.45, 2.75) is 44.3 Å². The third-order valence-electron chi connectivity index (χ3n) is 6.48. The zero-order chi connectivity index (χ0) is 29.5. The maximum absolute atomic E-state index is 14.6. The number of nitrogens with one attached hydrogen (secondary N) is 1. The van der Waals surface area contributed by atoms with Gasteiger partial charge in [-0.15, -0.1) is 0 Å². The Hall–Kier alpha value is -3.88. The second-order valence-corrected chi connectivity index (χ2v) is 11.0. The Balaban J connectivity index is 1.46. The first-order valence-electron chi connectivity index (χ1n) is 12.2. The number of alkyl halides is 2. The van der Waals surface area contributed by atoms with Gasteiger partial charge in [-0.3, -0.25) is 18.9 Å². The van der Waals surface area contributed by atoms with Crippen molar-refractivity contribution in [1.29, 1.82) is 0 Å². The smallest absolute Gasteiger partial charge is 0.395 e. The van der Waals surface area contributed by atoms with Crippen molar-refractivity contribution in [3.8, 4) is 11.5 Å². The molecule has 2 aromatic carbocycles. The summed E-state index contributed by atoms with van der Waals surface area (Å²) < 4.78 is 66.0. The van der Waals surface area contributed by atoms with Crippen LogP contribution in [-0.4, -0.2) is 60.6 Å². The van der Waals surface area contributed by atoms with Crippen molar-refractivity contribution < 1.29 is 41.9 Å². The van der Waals surface area contributed by atoms with E-state index in [0.717, 1.165) is 22.0 Å². The van der Waals surface area contributed by atoms with Gasteiger partial charge in [0.25, 0.3) is 12.0 Å². The van der Waals surface area contributed by atoms with Gasteiger partial charge < -0.3 is 29.7 Å². The summed E-state index contributed by atoms with van der Waals surface area (Å²) in [5.41, 5.74) is 3.30. The van der Waals surface area contributed by atoms with Gasteiger partial charge in [0, 0.05) is 0 Å². The highest BCUT2D eigenvalue weighted by molar-refractivity contribution is 7.49. The number of nitrogen functional groups attached to an aromatic ring is 1. The van der Waals surface area contributed by atoms with Crippen molar-refractivity contribution >= 4 is 24.9 Å². The normalized spacial score (nSPS) is 22.9. The minimum atomic E-state index is -4.71. The topological polar surface area (TPSA) is 184 Å². The van der Waals surface area contributed by atoms with Crippen LogP contribution in [0.25, 0.3) is 11.2 Å². The number of hydrogen-bond donors (Lipinski definition) is 4. The van der Waals surface area contributed by atoms with Crippen LogP contribution >= 0.6 is 7.82 Å². The minimum absolute atomic E-state index is 0.0571. The van der Waals surface area contributed by atoms with Crippen LogP contribution in [0.1, 0.15) is 17.4 Å². The summed E-state index contributed by atoms with van der Waals surface area (Å²) in [6.07, 6.45) is -8.42. The van der Waals surface area contributed by atoms with Crippen molar-refractivity contribution in [1.82, 2.24) is 19.5 Å². The number of aromatic nitrogens is 4. The van der Waals surface area contributed by atoms with Gasteiger partial charge in [-0.05, 0) is 38.1 Å². The number of ether oxygens (including phenoxy) is 1. The maximum Gasteiger partial charge on any atom is 0.587 e. The first kappa shape index (κ1) is 28.6. The molecule has 16 heteroatoms. The van der Waals surface area contributed by atoms with Crippen molar-refractivity contribution in [2.24, 2.45) is 0 Å². The van der Waals surface area contributed by atoms with Crippen LogP contribution < -0.4 is 20.3 Å². The van der Waals surface area contributed by atoms with Crippen molar-refractivity contribution in [3.63, 3.8) is 0 Å². The first-order chi connectivity index (χ1) is 19.4. The lowest BCUT2D eigenvalue weighted by Gasteiger charge is -2.31.